The van der Waals surface area contributed by atoms with E-state index in [-0.39, 0.29) is 12.2 Å². The molecule has 1 N–H and O–H groups in total. The van der Waals surface area contributed by atoms with Crippen LogP contribution < -0.4 is 0 Å². The highest BCUT2D eigenvalue weighted by Crippen LogP contribution is 2.31. The molecule has 2 aromatic rings. The van der Waals surface area contributed by atoms with Crippen LogP contribution in [0.5, 0.6) is 0 Å². The summed E-state index contributed by atoms with van der Waals surface area (Å²) in [6.07, 6.45) is -0.722. The van der Waals surface area contributed by atoms with Gasteiger partial charge in [0.25, 0.3) is 0 Å². The zero-order chi connectivity index (χ0) is 13.1. The van der Waals surface area contributed by atoms with E-state index >= 15 is 0 Å². The molecular formula is C14H11Cl2FO. The van der Waals surface area contributed by atoms with Gasteiger partial charge in [0.2, 0.25) is 0 Å². The summed E-state index contributed by atoms with van der Waals surface area (Å²) < 4.78 is 13.5. The lowest BCUT2D eigenvalue weighted by Gasteiger charge is -2.14. The molecule has 0 radical (unpaired) electrons. The van der Waals surface area contributed by atoms with E-state index in [2.05, 4.69) is 0 Å². The number of halogens is 3. The van der Waals surface area contributed by atoms with E-state index in [1.165, 1.54) is 6.07 Å². The summed E-state index contributed by atoms with van der Waals surface area (Å²) in [5.74, 6) is -0.338. The second-order valence-electron chi connectivity index (χ2n) is 3.95. The molecule has 1 atom stereocenters. The van der Waals surface area contributed by atoms with E-state index in [0.717, 1.165) is 0 Å². The first-order valence-corrected chi connectivity index (χ1v) is 6.20. The van der Waals surface area contributed by atoms with E-state index in [9.17, 15) is 9.50 Å². The van der Waals surface area contributed by atoms with Crippen molar-refractivity contribution in [3.8, 4) is 0 Å². The summed E-state index contributed by atoms with van der Waals surface area (Å²) in [5, 5.41) is 10.8. The molecule has 4 heteroatoms. The van der Waals surface area contributed by atoms with Gasteiger partial charge in [-0.05, 0) is 17.7 Å². The fraction of sp³-hybridized carbons (Fsp3) is 0.143. The van der Waals surface area contributed by atoms with Gasteiger partial charge in [-0.15, -0.1) is 0 Å². The quantitative estimate of drug-likeness (QED) is 0.885. The van der Waals surface area contributed by atoms with Crippen molar-refractivity contribution < 1.29 is 9.50 Å². The number of aliphatic hydroxyl groups excluding tert-OH is 1. The van der Waals surface area contributed by atoms with Crippen molar-refractivity contribution in [1.82, 2.24) is 0 Å². The molecule has 0 saturated carbocycles. The lowest BCUT2D eigenvalue weighted by atomic mass is 10.0. The molecule has 2 rings (SSSR count). The van der Waals surface area contributed by atoms with Crippen LogP contribution in [0.25, 0.3) is 0 Å². The number of rotatable bonds is 3. The maximum atomic E-state index is 13.5. The average Bonchev–Trinajstić information content (AvgIpc) is 2.35. The Kier molecular flexibility index (Phi) is 4.23. The fourth-order valence-corrected chi connectivity index (χ4v) is 2.19. The van der Waals surface area contributed by atoms with Gasteiger partial charge >= 0.3 is 0 Å². The number of hydrogen-bond donors (Lipinski definition) is 1. The Morgan fingerprint density at radius 3 is 2.50 bits per heavy atom. The summed E-state index contributed by atoms with van der Waals surface area (Å²) in [6.45, 7) is 0. The standard InChI is InChI=1S/C14H11Cl2FO/c15-11-6-3-5-10(14(11)16)13(18)8-9-4-1-2-7-12(9)17/h1-7,13,18H,8H2. The molecule has 0 aliphatic carbocycles. The van der Waals surface area contributed by atoms with Gasteiger partial charge in [0.05, 0.1) is 16.1 Å². The minimum Gasteiger partial charge on any atom is -0.388 e. The largest absolute Gasteiger partial charge is 0.388 e. The molecule has 2 aromatic carbocycles. The topological polar surface area (TPSA) is 20.2 Å². The predicted molar refractivity (Wildman–Crippen MR) is 71.5 cm³/mol. The van der Waals surface area contributed by atoms with Crippen LogP contribution in [-0.4, -0.2) is 5.11 Å². The molecule has 0 heterocycles. The van der Waals surface area contributed by atoms with Crippen LogP contribution >= 0.6 is 23.2 Å². The highest BCUT2D eigenvalue weighted by molar-refractivity contribution is 6.42. The van der Waals surface area contributed by atoms with Gasteiger partial charge < -0.3 is 5.11 Å². The Morgan fingerprint density at radius 2 is 1.78 bits per heavy atom. The van der Waals surface area contributed by atoms with Crippen LogP contribution in [0, 0.1) is 5.82 Å². The van der Waals surface area contributed by atoms with Crippen LogP contribution in [0.15, 0.2) is 42.5 Å². The Bertz CT molecular complexity index is 557. The lowest BCUT2D eigenvalue weighted by molar-refractivity contribution is 0.177. The summed E-state index contributed by atoms with van der Waals surface area (Å²) in [6, 6.07) is 11.4. The van der Waals surface area contributed by atoms with Crippen LogP contribution in [-0.2, 0) is 6.42 Å². The Morgan fingerprint density at radius 1 is 1.06 bits per heavy atom. The molecule has 0 bridgehead atoms. The maximum absolute atomic E-state index is 13.5. The third-order valence-electron chi connectivity index (χ3n) is 2.71. The number of hydrogen-bond acceptors (Lipinski definition) is 1. The highest BCUT2D eigenvalue weighted by atomic mass is 35.5. The van der Waals surface area contributed by atoms with Crippen molar-refractivity contribution in [2.45, 2.75) is 12.5 Å². The first-order chi connectivity index (χ1) is 8.59. The minimum absolute atomic E-state index is 0.159. The van der Waals surface area contributed by atoms with E-state index in [1.807, 2.05) is 0 Å². The summed E-state index contributed by atoms with van der Waals surface area (Å²) >= 11 is 11.9. The fourth-order valence-electron chi connectivity index (χ4n) is 1.76. The second kappa shape index (κ2) is 5.70. The molecule has 0 saturated heterocycles. The molecule has 18 heavy (non-hydrogen) atoms. The van der Waals surface area contributed by atoms with Gasteiger partial charge in [0.15, 0.2) is 0 Å². The van der Waals surface area contributed by atoms with E-state index < -0.39 is 6.10 Å². The van der Waals surface area contributed by atoms with Crippen molar-refractivity contribution in [3.05, 3.63) is 69.5 Å². The molecule has 0 spiro atoms. The Balaban J connectivity index is 2.25. The number of benzene rings is 2. The SMILES string of the molecule is OC(Cc1ccccc1F)c1cccc(Cl)c1Cl. The first-order valence-electron chi connectivity index (χ1n) is 5.45. The van der Waals surface area contributed by atoms with E-state index in [4.69, 9.17) is 23.2 Å². The average molecular weight is 285 g/mol. The van der Waals surface area contributed by atoms with Crippen molar-refractivity contribution >= 4 is 23.2 Å². The minimum atomic E-state index is -0.881. The molecule has 0 fully saturated rings. The zero-order valence-electron chi connectivity index (χ0n) is 9.41. The normalized spacial score (nSPS) is 12.4. The summed E-state index contributed by atoms with van der Waals surface area (Å²) in [5.41, 5.74) is 0.952. The van der Waals surface area contributed by atoms with Crippen molar-refractivity contribution in [3.63, 3.8) is 0 Å². The monoisotopic (exact) mass is 284 g/mol. The molecule has 1 nitrogen and oxygen atoms in total. The van der Waals surface area contributed by atoms with Gasteiger partial charge in [-0.2, -0.15) is 0 Å². The van der Waals surface area contributed by atoms with Crippen molar-refractivity contribution in [2.75, 3.05) is 0 Å². The second-order valence-corrected chi connectivity index (χ2v) is 4.74. The maximum Gasteiger partial charge on any atom is 0.126 e. The first kappa shape index (κ1) is 13.3. The highest BCUT2D eigenvalue weighted by Gasteiger charge is 2.15. The van der Waals surface area contributed by atoms with Crippen molar-refractivity contribution in [1.29, 1.82) is 0 Å². The van der Waals surface area contributed by atoms with Crippen LogP contribution in [0.2, 0.25) is 10.0 Å². The zero-order valence-corrected chi connectivity index (χ0v) is 10.9. The smallest absolute Gasteiger partial charge is 0.126 e. The molecule has 0 amide bonds. The van der Waals surface area contributed by atoms with Gasteiger partial charge in [-0.1, -0.05) is 53.5 Å². The lowest BCUT2D eigenvalue weighted by Crippen LogP contribution is -2.04. The summed E-state index contributed by atoms with van der Waals surface area (Å²) in [4.78, 5) is 0. The van der Waals surface area contributed by atoms with Gasteiger partial charge in [-0.25, -0.2) is 4.39 Å². The predicted octanol–water partition coefficient (Wildman–Crippen LogP) is 4.41. The molecular weight excluding hydrogens is 274 g/mol. The molecule has 0 aliphatic rings. The molecule has 0 aliphatic heterocycles. The molecule has 0 aromatic heterocycles. The van der Waals surface area contributed by atoms with Crippen LogP contribution in [0.4, 0.5) is 4.39 Å². The van der Waals surface area contributed by atoms with E-state index in [0.29, 0.717) is 21.2 Å². The molecule has 1 unspecified atom stereocenters. The molecule has 94 valence electrons. The van der Waals surface area contributed by atoms with Crippen LogP contribution in [0.3, 0.4) is 0 Å². The summed E-state index contributed by atoms with van der Waals surface area (Å²) in [7, 11) is 0. The Hall–Kier alpha value is -1.09. The van der Waals surface area contributed by atoms with Gasteiger partial charge in [0, 0.05) is 12.0 Å². The number of aliphatic hydroxyl groups is 1. The Labute approximate surface area is 115 Å². The van der Waals surface area contributed by atoms with E-state index in [1.54, 1.807) is 36.4 Å². The van der Waals surface area contributed by atoms with Crippen molar-refractivity contribution in [2.24, 2.45) is 0 Å². The van der Waals surface area contributed by atoms with Gasteiger partial charge in [0.1, 0.15) is 5.82 Å². The van der Waals surface area contributed by atoms with Crippen LogP contribution in [0.1, 0.15) is 17.2 Å². The third-order valence-corrected chi connectivity index (χ3v) is 3.55. The third kappa shape index (κ3) is 2.83. The van der Waals surface area contributed by atoms with Gasteiger partial charge in [-0.3, -0.25) is 0 Å².